The standard InChI is InChI=1S/C24H28O7.C23H34O7/c1-15-12-18(25)21-17(14-29-20(26)9-8-16-6-4-3-5-7-16)22(27)30-19(21)13-23(2)10-11-24(15,28)31-23;1-5-7-15(8-6-2)20(25)28-13-16-19-17(24)11-14(3)23(27)10-9-22(4,30-23)12-18(19)29-21(16)26/h3-7,13,15,18,25,28H,8-12,14H2,1-2H3;12,14-15,17,24,27H,5-11,13H2,1-4H3/b19-13+;18-12+/t15-,18+,23-,24-;14-,17+,22-,23-/m11/s1. The van der Waals surface area contributed by atoms with Crippen molar-refractivity contribution in [3.63, 3.8) is 0 Å². The molecule has 6 heterocycles. The van der Waals surface area contributed by atoms with Gasteiger partial charge >= 0.3 is 23.9 Å². The summed E-state index contributed by atoms with van der Waals surface area (Å²) in [7, 11) is 0. The Balaban J connectivity index is 0.000000204. The van der Waals surface area contributed by atoms with E-state index in [1.807, 2.05) is 65.0 Å². The fourth-order valence-electron chi connectivity index (χ4n) is 9.21. The molecule has 0 amide bonds. The summed E-state index contributed by atoms with van der Waals surface area (Å²) in [5.74, 6) is -5.16. The van der Waals surface area contributed by atoms with Gasteiger partial charge in [-0.3, -0.25) is 9.59 Å². The predicted molar refractivity (Wildman–Crippen MR) is 219 cm³/mol. The summed E-state index contributed by atoms with van der Waals surface area (Å²) in [6.45, 7) is 10.8. The third-order valence-electron chi connectivity index (χ3n) is 12.9. The van der Waals surface area contributed by atoms with Crippen molar-refractivity contribution in [2.75, 3.05) is 13.2 Å². The Morgan fingerprint density at radius 1 is 0.738 bits per heavy atom. The minimum Gasteiger partial charge on any atom is -0.460 e. The molecule has 0 aliphatic carbocycles. The zero-order chi connectivity index (χ0) is 44.3. The molecule has 2 fully saturated rings. The first-order valence-corrected chi connectivity index (χ1v) is 21.8. The first-order chi connectivity index (χ1) is 28.8. The van der Waals surface area contributed by atoms with E-state index in [0.29, 0.717) is 43.3 Å². The molecule has 2 saturated heterocycles. The number of benzene rings is 1. The second-order valence-corrected chi connectivity index (χ2v) is 17.9. The van der Waals surface area contributed by atoms with Crippen LogP contribution in [-0.4, -0.2) is 92.5 Å². The largest absolute Gasteiger partial charge is 0.460 e. The number of ether oxygens (including phenoxy) is 6. The highest BCUT2D eigenvalue weighted by Gasteiger charge is 2.53. The molecule has 0 unspecified atom stereocenters. The average molecular weight is 851 g/mol. The van der Waals surface area contributed by atoms with Crippen molar-refractivity contribution >= 4 is 23.9 Å². The molecule has 4 N–H and O–H groups in total. The first kappa shape index (κ1) is 46.3. The number of aliphatic hydroxyl groups excluding tert-OH is 2. The fraction of sp³-hybridized carbons (Fsp3) is 0.617. The second-order valence-electron chi connectivity index (χ2n) is 17.9. The maximum Gasteiger partial charge on any atom is 0.343 e. The lowest BCUT2D eigenvalue weighted by Crippen LogP contribution is -2.39. The van der Waals surface area contributed by atoms with Crippen LogP contribution in [0.15, 0.2) is 76.3 Å². The van der Waals surface area contributed by atoms with E-state index in [-0.39, 0.29) is 78.9 Å². The second kappa shape index (κ2) is 18.7. The van der Waals surface area contributed by atoms with Gasteiger partial charge in [-0.05, 0) is 76.5 Å². The minimum atomic E-state index is -1.35. The third kappa shape index (κ3) is 10.4. The summed E-state index contributed by atoms with van der Waals surface area (Å²) < 4.78 is 33.6. The Hall–Kier alpha value is -4.18. The molecule has 0 radical (unpaired) electrons. The van der Waals surface area contributed by atoms with Crippen molar-refractivity contribution in [2.45, 2.75) is 154 Å². The molecule has 4 bridgehead atoms. The Morgan fingerprint density at radius 2 is 1.20 bits per heavy atom. The van der Waals surface area contributed by atoms with Crippen LogP contribution in [0.25, 0.3) is 0 Å². The highest BCUT2D eigenvalue weighted by atomic mass is 16.7. The van der Waals surface area contributed by atoms with Crippen LogP contribution in [0.4, 0.5) is 0 Å². The van der Waals surface area contributed by atoms with Gasteiger partial charge < -0.3 is 48.8 Å². The van der Waals surface area contributed by atoms with Crippen LogP contribution >= 0.6 is 0 Å². The van der Waals surface area contributed by atoms with Gasteiger partial charge in [0, 0.05) is 42.2 Å². The van der Waals surface area contributed by atoms with Gasteiger partial charge in [-0.15, -0.1) is 0 Å². The van der Waals surface area contributed by atoms with E-state index in [2.05, 4.69) is 0 Å². The monoisotopic (exact) mass is 850 g/mol. The first-order valence-electron chi connectivity index (χ1n) is 21.8. The van der Waals surface area contributed by atoms with E-state index in [1.54, 1.807) is 19.1 Å². The number of rotatable bonds is 12. The molecule has 0 saturated carbocycles. The van der Waals surface area contributed by atoms with Crippen molar-refractivity contribution in [3.05, 3.63) is 81.9 Å². The Labute approximate surface area is 357 Å². The lowest BCUT2D eigenvalue weighted by molar-refractivity contribution is -0.238. The zero-order valence-electron chi connectivity index (χ0n) is 36.2. The number of hydrogen-bond donors (Lipinski definition) is 4. The highest BCUT2D eigenvalue weighted by Crippen LogP contribution is 2.48. The van der Waals surface area contributed by atoms with Gasteiger partial charge in [-0.1, -0.05) is 70.9 Å². The lowest BCUT2D eigenvalue weighted by Gasteiger charge is -2.32. The number of fused-ring (bicyclic) bond motifs is 6. The molecule has 8 atom stereocenters. The normalized spacial score (nSPS) is 34.7. The van der Waals surface area contributed by atoms with Gasteiger partial charge in [0.1, 0.15) is 24.7 Å². The molecule has 14 heteroatoms. The molecule has 1 aromatic rings. The summed E-state index contributed by atoms with van der Waals surface area (Å²) in [5.41, 5.74) is 0.330. The summed E-state index contributed by atoms with van der Waals surface area (Å²) in [4.78, 5) is 49.9. The summed E-state index contributed by atoms with van der Waals surface area (Å²) in [6.07, 6.45) is 7.53. The van der Waals surface area contributed by atoms with E-state index in [9.17, 15) is 39.6 Å². The maximum absolute atomic E-state index is 12.6. The smallest absolute Gasteiger partial charge is 0.343 e. The number of esters is 4. The SMILES string of the molecule is CCCC(CCC)C(=O)OCC1=C2/C(=C\[C@@]3(C)CC[C@@](O)(O3)[C@H](C)C[C@@H]2O)OC1=O.C[C@@H]1C[C@H](O)C2=C(COC(=O)CCc3ccccc3)C(=O)O/C2=C/[C@@]2(C)CC[C@@]1(O)O2. The van der Waals surface area contributed by atoms with Gasteiger partial charge in [0.15, 0.2) is 11.6 Å². The van der Waals surface area contributed by atoms with Gasteiger partial charge in [-0.2, -0.15) is 0 Å². The van der Waals surface area contributed by atoms with Crippen molar-refractivity contribution in [3.8, 4) is 0 Å². The van der Waals surface area contributed by atoms with Crippen LogP contribution < -0.4 is 0 Å². The van der Waals surface area contributed by atoms with E-state index in [1.165, 1.54) is 0 Å². The van der Waals surface area contributed by atoms with Crippen LogP contribution in [0.3, 0.4) is 0 Å². The quantitative estimate of drug-likeness (QED) is 0.147. The third-order valence-corrected chi connectivity index (χ3v) is 12.9. The van der Waals surface area contributed by atoms with Gasteiger partial charge in [0.2, 0.25) is 0 Å². The van der Waals surface area contributed by atoms with Crippen LogP contribution in [0.5, 0.6) is 0 Å². The zero-order valence-corrected chi connectivity index (χ0v) is 36.2. The highest BCUT2D eigenvalue weighted by molar-refractivity contribution is 5.96. The van der Waals surface area contributed by atoms with Gasteiger partial charge in [0.25, 0.3) is 0 Å². The van der Waals surface area contributed by atoms with E-state index >= 15 is 0 Å². The van der Waals surface area contributed by atoms with Crippen molar-refractivity contribution in [2.24, 2.45) is 17.8 Å². The number of aryl methyl sites for hydroxylation is 1. The molecule has 0 spiro atoms. The topological polar surface area (TPSA) is 205 Å². The fourth-order valence-corrected chi connectivity index (χ4v) is 9.21. The number of carbonyl (C=O) groups excluding carboxylic acids is 4. The number of aliphatic hydroxyl groups is 4. The minimum absolute atomic E-state index is 0.132. The van der Waals surface area contributed by atoms with Crippen LogP contribution in [0, 0.1) is 17.8 Å². The Bertz CT molecular complexity index is 1960. The van der Waals surface area contributed by atoms with E-state index in [4.69, 9.17) is 28.4 Å². The Morgan fingerprint density at radius 3 is 1.66 bits per heavy atom. The molecule has 6 aliphatic heterocycles. The lowest BCUT2D eigenvalue weighted by atomic mass is 9.86. The average Bonchev–Trinajstić information content (AvgIpc) is 3.91. The summed E-state index contributed by atoms with van der Waals surface area (Å²) in [5, 5.41) is 43.5. The van der Waals surface area contributed by atoms with Crippen molar-refractivity contribution in [1.29, 1.82) is 0 Å². The van der Waals surface area contributed by atoms with E-state index in [0.717, 1.165) is 31.2 Å². The van der Waals surface area contributed by atoms with Crippen LogP contribution in [0.2, 0.25) is 0 Å². The maximum atomic E-state index is 12.6. The predicted octanol–water partition coefficient (Wildman–Crippen LogP) is 5.70. The summed E-state index contributed by atoms with van der Waals surface area (Å²) in [6, 6.07) is 9.59. The van der Waals surface area contributed by atoms with Crippen LogP contribution in [-0.2, 0) is 54.0 Å². The van der Waals surface area contributed by atoms with Crippen LogP contribution in [0.1, 0.15) is 118 Å². The molecule has 14 nitrogen and oxygen atoms in total. The van der Waals surface area contributed by atoms with Gasteiger partial charge in [-0.25, -0.2) is 9.59 Å². The Kier molecular flexibility index (Phi) is 14.2. The van der Waals surface area contributed by atoms with Crippen molar-refractivity contribution < 1.29 is 68.0 Å². The molecule has 0 aromatic heterocycles. The molecule has 6 aliphatic rings. The van der Waals surface area contributed by atoms with Crippen molar-refractivity contribution in [1.82, 2.24) is 0 Å². The molecule has 334 valence electrons. The molecular formula is C47H62O14. The van der Waals surface area contributed by atoms with E-state index < -0.39 is 52.9 Å². The number of carbonyl (C=O) groups is 4. The summed E-state index contributed by atoms with van der Waals surface area (Å²) >= 11 is 0. The van der Waals surface area contributed by atoms with Gasteiger partial charge in [0.05, 0.1) is 40.5 Å². The molecule has 7 rings (SSSR count). The molecule has 61 heavy (non-hydrogen) atoms. The molecule has 1 aromatic carbocycles. The number of hydrogen-bond acceptors (Lipinski definition) is 14. The molecular weight excluding hydrogens is 789 g/mol.